The van der Waals surface area contributed by atoms with Crippen molar-refractivity contribution in [3.8, 4) is 0 Å². The molecule has 0 bridgehead atoms. The van der Waals surface area contributed by atoms with E-state index in [1.807, 2.05) is 26.8 Å². The van der Waals surface area contributed by atoms with Crippen LogP contribution in [0.1, 0.15) is 49.1 Å². The van der Waals surface area contributed by atoms with E-state index < -0.39 is 5.54 Å². The molecule has 0 aromatic carbocycles. The Labute approximate surface area is 109 Å². The number of aryl methyl sites for hydroxylation is 2. The van der Waals surface area contributed by atoms with Gasteiger partial charge in [-0.2, -0.15) is 0 Å². The fourth-order valence-corrected chi connectivity index (χ4v) is 2.28. The number of nitrogens with one attached hydrogen (secondary N) is 1. The molecule has 0 aliphatic rings. The first-order valence-corrected chi connectivity index (χ1v) is 6.37. The average molecular weight is 252 g/mol. The first-order chi connectivity index (χ1) is 8.27. The van der Waals surface area contributed by atoms with Gasteiger partial charge in [-0.25, -0.2) is 0 Å². The van der Waals surface area contributed by atoms with Crippen LogP contribution in [-0.2, 0) is 0 Å². The number of furan rings is 1. The normalized spacial score (nSPS) is 14.6. The van der Waals surface area contributed by atoms with Gasteiger partial charge in [-0.05, 0) is 39.2 Å². The van der Waals surface area contributed by atoms with Gasteiger partial charge in [0.2, 0.25) is 0 Å². The van der Waals surface area contributed by atoms with Crippen molar-refractivity contribution in [3.05, 3.63) is 23.2 Å². The van der Waals surface area contributed by atoms with Crippen LogP contribution in [0, 0.1) is 19.8 Å². The van der Waals surface area contributed by atoms with Crippen LogP contribution < -0.4 is 11.1 Å². The molecule has 0 radical (unpaired) electrons. The van der Waals surface area contributed by atoms with E-state index in [9.17, 15) is 4.79 Å². The summed E-state index contributed by atoms with van der Waals surface area (Å²) in [5.41, 5.74) is 6.24. The monoisotopic (exact) mass is 252 g/mol. The van der Waals surface area contributed by atoms with Crippen LogP contribution in [-0.4, -0.2) is 18.0 Å². The van der Waals surface area contributed by atoms with Gasteiger partial charge in [0.05, 0.1) is 5.54 Å². The summed E-state index contributed by atoms with van der Waals surface area (Å²) >= 11 is 0. The van der Waals surface area contributed by atoms with Crippen molar-refractivity contribution in [2.24, 2.45) is 11.7 Å². The lowest BCUT2D eigenvalue weighted by Gasteiger charge is -2.30. The molecule has 1 rings (SSSR count). The predicted molar refractivity (Wildman–Crippen MR) is 72.6 cm³/mol. The SMILES string of the molecule is Cc1cc(C)c(C(=O)NC(C)(CN)CC(C)C)o1. The third kappa shape index (κ3) is 3.60. The zero-order valence-corrected chi connectivity index (χ0v) is 12.0. The van der Waals surface area contributed by atoms with Crippen LogP contribution in [0.3, 0.4) is 0 Å². The van der Waals surface area contributed by atoms with E-state index in [2.05, 4.69) is 19.2 Å². The fraction of sp³-hybridized carbons (Fsp3) is 0.643. The van der Waals surface area contributed by atoms with E-state index in [-0.39, 0.29) is 5.91 Å². The zero-order chi connectivity index (χ0) is 13.9. The Morgan fingerprint density at radius 1 is 1.50 bits per heavy atom. The van der Waals surface area contributed by atoms with Crippen LogP contribution in [0.15, 0.2) is 10.5 Å². The molecular formula is C14H24N2O2. The third-order valence-corrected chi connectivity index (χ3v) is 2.97. The Morgan fingerprint density at radius 2 is 2.11 bits per heavy atom. The summed E-state index contributed by atoms with van der Waals surface area (Å²) < 4.78 is 5.42. The number of carbonyl (C=O) groups is 1. The molecule has 1 amide bonds. The van der Waals surface area contributed by atoms with Crippen LogP contribution in [0.2, 0.25) is 0 Å². The Bertz CT molecular complexity index is 423. The van der Waals surface area contributed by atoms with Gasteiger partial charge in [0.25, 0.3) is 5.91 Å². The molecule has 3 N–H and O–H groups in total. The molecule has 0 spiro atoms. The Balaban J connectivity index is 2.82. The molecular weight excluding hydrogens is 228 g/mol. The highest BCUT2D eigenvalue weighted by atomic mass is 16.3. The highest BCUT2D eigenvalue weighted by Crippen LogP contribution is 2.18. The molecule has 4 heteroatoms. The van der Waals surface area contributed by atoms with Crippen molar-refractivity contribution in [2.75, 3.05) is 6.54 Å². The van der Waals surface area contributed by atoms with Crippen molar-refractivity contribution < 1.29 is 9.21 Å². The molecule has 1 aromatic rings. The van der Waals surface area contributed by atoms with E-state index in [1.165, 1.54) is 0 Å². The van der Waals surface area contributed by atoms with Crippen molar-refractivity contribution in [1.82, 2.24) is 5.32 Å². The van der Waals surface area contributed by atoms with Crippen molar-refractivity contribution in [2.45, 2.75) is 46.6 Å². The molecule has 0 saturated carbocycles. The first-order valence-electron chi connectivity index (χ1n) is 6.37. The first kappa shape index (κ1) is 14.8. The summed E-state index contributed by atoms with van der Waals surface area (Å²) in [7, 11) is 0. The third-order valence-electron chi connectivity index (χ3n) is 2.97. The average Bonchev–Trinajstić information content (AvgIpc) is 2.56. The van der Waals surface area contributed by atoms with Gasteiger partial charge in [0.15, 0.2) is 5.76 Å². The standard InChI is InChI=1S/C14H24N2O2/c1-9(2)7-14(5,8-15)16-13(17)12-10(3)6-11(4)18-12/h6,9H,7-8,15H2,1-5H3,(H,16,17). The van der Waals surface area contributed by atoms with Crippen molar-refractivity contribution in [3.63, 3.8) is 0 Å². The Hall–Kier alpha value is -1.29. The number of hydrogen-bond donors (Lipinski definition) is 2. The number of rotatable bonds is 5. The molecule has 1 aromatic heterocycles. The molecule has 0 saturated heterocycles. The molecule has 0 fully saturated rings. The van der Waals surface area contributed by atoms with E-state index >= 15 is 0 Å². The largest absolute Gasteiger partial charge is 0.456 e. The van der Waals surface area contributed by atoms with Gasteiger partial charge in [0, 0.05) is 12.1 Å². The van der Waals surface area contributed by atoms with E-state index in [1.54, 1.807) is 0 Å². The van der Waals surface area contributed by atoms with Gasteiger partial charge in [-0.1, -0.05) is 13.8 Å². The van der Waals surface area contributed by atoms with Gasteiger partial charge in [-0.15, -0.1) is 0 Å². The molecule has 0 aliphatic carbocycles. The van der Waals surface area contributed by atoms with E-state index in [4.69, 9.17) is 10.2 Å². The highest BCUT2D eigenvalue weighted by Gasteiger charge is 2.28. The smallest absolute Gasteiger partial charge is 0.287 e. The summed E-state index contributed by atoms with van der Waals surface area (Å²) in [5.74, 6) is 1.42. The lowest BCUT2D eigenvalue weighted by molar-refractivity contribution is 0.0867. The number of hydrogen-bond acceptors (Lipinski definition) is 3. The molecule has 4 nitrogen and oxygen atoms in total. The minimum Gasteiger partial charge on any atom is -0.456 e. The second kappa shape index (κ2) is 5.57. The molecule has 0 aliphatic heterocycles. The van der Waals surface area contributed by atoms with Crippen LogP contribution in [0.4, 0.5) is 0 Å². The number of amides is 1. The van der Waals surface area contributed by atoms with Crippen LogP contribution in [0.25, 0.3) is 0 Å². The van der Waals surface area contributed by atoms with Crippen molar-refractivity contribution >= 4 is 5.91 Å². The summed E-state index contributed by atoms with van der Waals surface area (Å²) in [6.07, 6.45) is 0.841. The summed E-state index contributed by atoms with van der Waals surface area (Å²) in [4.78, 5) is 12.2. The van der Waals surface area contributed by atoms with Crippen LogP contribution in [0.5, 0.6) is 0 Å². The summed E-state index contributed by atoms with van der Waals surface area (Å²) in [6.45, 7) is 10.3. The Kier molecular flexibility index (Phi) is 4.57. The lowest BCUT2D eigenvalue weighted by Crippen LogP contribution is -2.52. The van der Waals surface area contributed by atoms with Gasteiger partial charge in [0.1, 0.15) is 5.76 Å². The van der Waals surface area contributed by atoms with Gasteiger partial charge >= 0.3 is 0 Å². The quantitative estimate of drug-likeness (QED) is 0.845. The minimum absolute atomic E-state index is 0.186. The summed E-state index contributed by atoms with van der Waals surface area (Å²) in [6, 6.07) is 1.86. The van der Waals surface area contributed by atoms with E-state index in [0.717, 1.165) is 17.7 Å². The number of carbonyl (C=O) groups excluding carboxylic acids is 1. The second-order valence-electron chi connectivity index (χ2n) is 5.69. The maximum atomic E-state index is 12.2. The Morgan fingerprint density at radius 3 is 2.50 bits per heavy atom. The highest BCUT2D eigenvalue weighted by molar-refractivity contribution is 5.93. The van der Waals surface area contributed by atoms with Crippen LogP contribution >= 0.6 is 0 Å². The van der Waals surface area contributed by atoms with Gasteiger partial charge < -0.3 is 15.5 Å². The molecule has 1 unspecified atom stereocenters. The molecule has 18 heavy (non-hydrogen) atoms. The predicted octanol–water partition coefficient (Wildman–Crippen LogP) is 2.39. The fourth-order valence-electron chi connectivity index (χ4n) is 2.28. The lowest BCUT2D eigenvalue weighted by atomic mass is 9.90. The van der Waals surface area contributed by atoms with Gasteiger partial charge in [-0.3, -0.25) is 4.79 Å². The minimum atomic E-state index is -0.390. The molecule has 102 valence electrons. The molecule has 1 atom stereocenters. The van der Waals surface area contributed by atoms with Crippen molar-refractivity contribution in [1.29, 1.82) is 0 Å². The summed E-state index contributed by atoms with van der Waals surface area (Å²) in [5, 5.41) is 2.99. The van der Waals surface area contributed by atoms with E-state index in [0.29, 0.717) is 18.2 Å². The maximum absolute atomic E-state index is 12.2. The molecule has 1 heterocycles. The zero-order valence-electron chi connectivity index (χ0n) is 12.0. The second-order valence-corrected chi connectivity index (χ2v) is 5.69. The number of nitrogens with two attached hydrogens (primary N) is 1. The topological polar surface area (TPSA) is 68.3 Å². The maximum Gasteiger partial charge on any atom is 0.287 e.